The number of alkyl halides is 13. The number of nitro groups is 1. The number of nitrogens with zero attached hydrogens (tertiary/aromatic N) is 1. The van der Waals surface area contributed by atoms with Crippen LogP contribution in [-0.4, -0.2) is 66.4 Å². The molecule has 1 atom stereocenters. The van der Waals surface area contributed by atoms with E-state index >= 15 is 0 Å². The molecule has 1 unspecified atom stereocenters. The molecule has 0 fully saturated rings. The molecule has 1 aromatic carbocycles. The highest BCUT2D eigenvalue weighted by molar-refractivity contribution is 5.99. The van der Waals surface area contributed by atoms with Gasteiger partial charge < -0.3 is 14.8 Å². The summed E-state index contributed by atoms with van der Waals surface area (Å²) in [4.78, 5) is 36.1. The first-order valence-electron chi connectivity index (χ1n) is 12.3. The second-order valence-corrected chi connectivity index (χ2v) is 9.72. The summed E-state index contributed by atoms with van der Waals surface area (Å²) in [6.45, 7) is 1.19. The lowest BCUT2D eigenvalue weighted by Gasteiger charge is -2.39. The summed E-state index contributed by atoms with van der Waals surface area (Å²) in [5, 5.41) is 13.9. The molecule has 1 N–H and O–H groups in total. The number of methoxy groups -OCH3 is 1. The quantitative estimate of drug-likeness (QED) is 0.0822. The van der Waals surface area contributed by atoms with Crippen LogP contribution in [0.3, 0.4) is 0 Å². The SMILES string of the molecule is COC(=O)C1=C(C)NC(C)=C(C(=O)OCCCC(F)(F)C(F)(F)C(F)(F)C(F)(F)C(F)(F)C(F)(F)F)C1c1cccc([N+](=O)[O-])c1. The van der Waals surface area contributed by atoms with Crippen LogP contribution in [0.2, 0.25) is 0 Å². The number of hydrogen-bond donors (Lipinski definition) is 1. The minimum absolute atomic E-state index is 0.0770. The number of halogens is 13. The number of nitro benzene ring substituents is 1. The lowest BCUT2D eigenvalue weighted by Crippen LogP contribution is -2.70. The van der Waals surface area contributed by atoms with Crippen molar-refractivity contribution in [3.8, 4) is 0 Å². The van der Waals surface area contributed by atoms with Crippen LogP contribution >= 0.6 is 0 Å². The summed E-state index contributed by atoms with van der Waals surface area (Å²) in [6.07, 6.45) is -11.7. The molecule has 258 valence electrons. The maximum absolute atomic E-state index is 14.1. The molecule has 0 spiro atoms. The Kier molecular flexibility index (Phi) is 10.5. The molecule has 1 aliphatic rings. The van der Waals surface area contributed by atoms with E-state index < -0.39 is 89.3 Å². The van der Waals surface area contributed by atoms with Crippen LogP contribution in [0, 0.1) is 10.1 Å². The predicted molar refractivity (Wildman–Crippen MR) is 127 cm³/mol. The van der Waals surface area contributed by atoms with Gasteiger partial charge in [0, 0.05) is 29.9 Å². The van der Waals surface area contributed by atoms with E-state index in [1.807, 2.05) is 0 Å². The van der Waals surface area contributed by atoms with E-state index in [9.17, 15) is 76.8 Å². The fourth-order valence-corrected chi connectivity index (χ4v) is 4.29. The lowest BCUT2D eigenvalue weighted by molar-refractivity contribution is -0.440. The topological polar surface area (TPSA) is 108 Å². The van der Waals surface area contributed by atoms with Crippen molar-refractivity contribution in [2.75, 3.05) is 13.7 Å². The molecule has 0 saturated carbocycles. The van der Waals surface area contributed by atoms with Gasteiger partial charge in [-0.2, -0.15) is 57.1 Å². The standard InChI is InChI=1S/C25H21F13N2O6/c1-11-15(18(41)45-3)17(13-6-4-7-14(10-13)40(43)44)16(12(2)39-11)19(42)46-9-5-8-20(26,27)21(28,29)22(30,31)23(32,33)24(34,35)25(36,37)38/h4,6-7,10,17,39H,5,8-9H2,1-3H3. The van der Waals surface area contributed by atoms with E-state index in [1.165, 1.54) is 26.0 Å². The fraction of sp³-hybridized carbons (Fsp3) is 0.520. The summed E-state index contributed by atoms with van der Waals surface area (Å²) in [6, 6.07) is 4.41. The van der Waals surface area contributed by atoms with E-state index in [-0.39, 0.29) is 22.5 Å². The van der Waals surface area contributed by atoms with Crippen LogP contribution in [0.5, 0.6) is 0 Å². The fourth-order valence-electron chi connectivity index (χ4n) is 4.29. The second kappa shape index (κ2) is 12.6. The molecule has 0 bridgehead atoms. The van der Waals surface area contributed by atoms with Crippen molar-refractivity contribution in [2.24, 2.45) is 0 Å². The highest BCUT2D eigenvalue weighted by Gasteiger charge is 2.90. The van der Waals surface area contributed by atoms with Crippen LogP contribution in [0.25, 0.3) is 0 Å². The Morgan fingerprint density at radius 2 is 1.33 bits per heavy atom. The minimum Gasteiger partial charge on any atom is -0.466 e. The number of hydrogen-bond acceptors (Lipinski definition) is 7. The smallest absolute Gasteiger partial charge is 0.460 e. The lowest BCUT2D eigenvalue weighted by atomic mass is 9.80. The number of dihydropyridines is 1. The zero-order valence-corrected chi connectivity index (χ0v) is 23.3. The number of carbonyl (C=O) groups is 2. The van der Waals surface area contributed by atoms with Crippen molar-refractivity contribution < 1.29 is 81.1 Å². The van der Waals surface area contributed by atoms with E-state index in [0.717, 1.165) is 19.2 Å². The van der Waals surface area contributed by atoms with Crippen LogP contribution in [0.4, 0.5) is 62.8 Å². The molecule has 0 radical (unpaired) electrons. The average Bonchev–Trinajstić information content (AvgIpc) is 2.93. The number of esters is 2. The Bertz CT molecular complexity index is 1440. The molecule has 1 heterocycles. The average molecular weight is 692 g/mol. The Hall–Kier alpha value is -4.07. The summed E-state index contributed by atoms with van der Waals surface area (Å²) in [5.41, 5.74) is -1.41. The number of carbonyl (C=O) groups excluding carboxylic acids is 2. The van der Waals surface area contributed by atoms with Gasteiger partial charge in [0.2, 0.25) is 0 Å². The van der Waals surface area contributed by atoms with Gasteiger partial charge in [-0.05, 0) is 25.8 Å². The molecule has 21 heteroatoms. The van der Waals surface area contributed by atoms with Crippen molar-refractivity contribution in [3.05, 3.63) is 62.5 Å². The molecule has 1 aromatic rings. The molecule has 0 aliphatic carbocycles. The molecule has 0 aromatic heterocycles. The Labute approximate surface area is 249 Å². The second-order valence-electron chi connectivity index (χ2n) is 9.72. The van der Waals surface area contributed by atoms with Crippen molar-refractivity contribution in [3.63, 3.8) is 0 Å². The first kappa shape index (κ1) is 38.1. The van der Waals surface area contributed by atoms with Crippen LogP contribution in [0.1, 0.15) is 38.2 Å². The first-order valence-corrected chi connectivity index (χ1v) is 12.3. The Morgan fingerprint density at radius 1 is 0.826 bits per heavy atom. The maximum atomic E-state index is 14.1. The zero-order valence-electron chi connectivity index (χ0n) is 23.3. The number of rotatable bonds is 12. The summed E-state index contributed by atoms with van der Waals surface area (Å²) < 4.78 is 183. The van der Waals surface area contributed by atoms with Crippen LogP contribution in [-0.2, 0) is 19.1 Å². The molecular formula is C25H21F13N2O6. The summed E-state index contributed by atoms with van der Waals surface area (Å²) in [7, 11) is 0.940. The van der Waals surface area contributed by atoms with Gasteiger partial charge in [-0.25, -0.2) is 9.59 Å². The van der Waals surface area contributed by atoms with E-state index in [4.69, 9.17) is 4.74 Å². The monoisotopic (exact) mass is 692 g/mol. The van der Waals surface area contributed by atoms with Gasteiger partial charge in [0.25, 0.3) is 5.69 Å². The number of allylic oxidation sites excluding steroid dienone is 2. The van der Waals surface area contributed by atoms with Crippen molar-refractivity contribution in [2.45, 2.75) is 68.4 Å². The normalized spacial score (nSPS) is 17.1. The molecule has 1 aliphatic heterocycles. The third-order valence-electron chi connectivity index (χ3n) is 6.67. The van der Waals surface area contributed by atoms with E-state index in [1.54, 1.807) is 0 Å². The number of non-ortho nitro benzene ring substituents is 1. The zero-order chi connectivity index (χ0) is 35.8. The van der Waals surface area contributed by atoms with E-state index in [0.29, 0.717) is 0 Å². The molecule has 8 nitrogen and oxygen atoms in total. The molecule has 46 heavy (non-hydrogen) atoms. The first-order chi connectivity index (χ1) is 20.7. The largest absolute Gasteiger partial charge is 0.466 e. The van der Waals surface area contributed by atoms with Crippen molar-refractivity contribution >= 4 is 17.6 Å². The number of nitrogens with one attached hydrogen (secondary N) is 1. The van der Waals surface area contributed by atoms with Crippen LogP contribution in [0.15, 0.2) is 46.8 Å². The number of ether oxygens (including phenoxy) is 2. The molecule has 2 rings (SSSR count). The van der Waals surface area contributed by atoms with Gasteiger partial charge in [-0.3, -0.25) is 10.1 Å². The maximum Gasteiger partial charge on any atom is 0.460 e. The Balaban J connectivity index is 2.34. The molecule has 0 saturated heterocycles. The van der Waals surface area contributed by atoms with Gasteiger partial charge in [0.1, 0.15) is 0 Å². The van der Waals surface area contributed by atoms with Crippen LogP contribution < -0.4 is 5.32 Å². The van der Waals surface area contributed by atoms with Gasteiger partial charge >= 0.3 is 47.7 Å². The third kappa shape index (κ3) is 6.44. The van der Waals surface area contributed by atoms with E-state index in [2.05, 4.69) is 10.1 Å². The number of benzene rings is 1. The van der Waals surface area contributed by atoms with Gasteiger partial charge in [-0.1, -0.05) is 12.1 Å². The van der Waals surface area contributed by atoms with Gasteiger partial charge in [0.05, 0.1) is 35.7 Å². The highest BCUT2D eigenvalue weighted by atomic mass is 19.4. The highest BCUT2D eigenvalue weighted by Crippen LogP contribution is 2.60. The minimum atomic E-state index is -8.04. The van der Waals surface area contributed by atoms with Gasteiger partial charge in [0.15, 0.2) is 0 Å². The summed E-state index contributed by atoms with van der Waals surface area (Å²) >= 11 is 0. The van der Waals surface area contributed by atoms with Crippen molar-refractivity contribution in [1.29, 1.82) is 0 Å². The van der Waals surface area contributed by atoms with Gasteiger partial charge in [-0.15, -0.1) is 0 Å². The third-order valence-corrected chi connectivity index (χ3v) is 6.67. The van der Waals surface area contributed by atoms with Crippen molar-refractivity contribution in [1.82, 2.24) is 5.32 Å². The Morgan fingerprint density at radius 3 is 1.80 bits per heavy atom. The summed E-state index contributed by atoms with van der Waals surface area (Å²) in [5.74, 6) is -41.7. The predicted octanol–water partition coefficient (Wildman–Crippen LogP) is 7.06. The molecule has 0 amide bonds. The molecular weight excluding hydrogens is 671 g/mol.